The van der Waals surface area contributed by atoms with Crippen molar-refractivity contribution in [2.75, 3.05) is 13.1 Å². The molecule has 6 rings (SSSR count). The van der Waals surface area contributed by atoms with E-state index in [0.717, 1.165) is 55.2 Å². The van der Waals surface area contributed by atoms with Crippen molar-refractivity contribution in [1.29, 1.82) is 0 Å². The summed E-state index contributed by atoms with van der Waals surface area (Å²) in [5.74, 6) is -0.734. The van der Waals surface area contributed by atoms with Crippen molar-refractivity contribution in [3.05, 3.63) is 77.4 Å². The fourth-order valence-electron chi connectivity index (χ4n) is 6.60. The zero-order valence-electron chi connectivity index (χ0n) is 22.8. The molecule has 3 aliphatic rings. The Morgan fingerprint density at radius 2 is 1.70 bits per heavy atom. The molecule has 2 fully saturated rings. The molecule has 3 unspecified atom stereocenters. The average molecular weight is 563 g/mol. The molecule has 0 spiro atoms. The number of piperidine rings is 1. The summed E-state index contributed by atoms with van der Waals surface area (Å²) < 4.78 is 25.7. The lowest BCUT2D eigenvalue weighted by molar-refractivity contribution is -0.136. The minimum Gasteiger partial charge on any atom is -0.388 e. The number of carbonyl (C=O) groups is 1. The van der Waals surface area contributed by atoms with E-state index >= 15 is 0 Å². The Labute approximate surface area is 236 Å². The number of aliphatic hydroxyl groups is 2. The van der Waals surface area contributed by atoms with Gasteiger partial charge in [0.15, 0.2) is 15.9 Å². The summed E-state index contributed by atoms with van der Waals surface area (Å²) in [6.45, 7) is 3.20. The summed E-state index contributed by atoms with van der Waals surface area (Å²) in [7, 11) is -3.99. The molecule has 212 valence electrons. The Morgan fingerprint density at radius 1 is 0.950 bits per heavy atom. The zero-order valence-corrected chi connectivity index (χ0v) is 23.6. The second kappa shape index (κ2) is 10.9. The largest absolute Gasteiger partial charge is 0.388 e. The molecule has 1 saturated heterocycles. The van der Waals surface area contributed by atoms with E-state index in [2.05, 4.69) is 28.4 Å². The van der Waals surface area contributed by atoms with Crippen LogP contribution in [0.1, 0.15) is 67.7 Å². The van der Waals surface area contributed by atoms with Gasteiger partial charge < -0.3 is 15.5 Å². The first-order chi connectivity index (χ1) is 19.3. The van der Waals surface area contributed by atoms with Crippen LogP contribution in [0.25, 0.3) is 10.8 Å². The van der Waals surface area contributed by atoms with Crippen LogP contribution in [-0.2, 0) is 27.6 Å². The highest BCUT2D eigenvalue weighted by Gasteiger charge is 2.62. The monoisotopic (exact) mass is 562 g/mol. The van der Waals surface area contributed by atoms with Gasteiger partial charge in [0.25, 0.3) is 5.91 Å². The molecule has 1 saturated carbocycles. The van der Waals surface area contributed by atoms with Gasteiger partial charge in [-0.15, -0.1) is 0 Å². The number of amides is 1. The van der Waals surface area contributed by atoms with Crippen LogP contribution in [0.4, 0.5) is 0 Å². The van der Waals surface area contributed by atoms with Crippen molar-refractivity contribution in [3.63, 3.8) is 0 Å². The van der Waals surface area contributed by atoms with Crippen LogP contribution in [-0.4, -0.2) is 59.5 Å². The first-order valence-electron chi connectivity index (χ1n) is 14.5. The Morgan fingerprint density at radius 3 is 2.45 bits per heavy atom. The number of rotatable bonds is 8. The third-order valence-corrected chi connectivity index (χ3v) is 11.7. The first kappa shape index (κ1) is 27.4. The molecule has 1 aliphatic heterocycles. The molecule has 3 aromatic carbocycles. The summed E-state index contributed by atoms with van der Waals surface area (Å²) in [5, 5.41) is 26.6. The number of nitrogens with zero attached hydrogens (tertiary/aromatic N) is 1. The normalized spacial score (nSPS) is 22.3. The molecule has 3 N–H and O–H groups in total. The number of nitrogens with one attached hydrogen (secondary N) is 1. The van der Waals surface area contributed by atoms with Gasteiger partial charge in [-0.05, 0) is 97.6 Å². The van der Waals surface area contributed by atoms with Crippen molar-refractivity contribution < 1.29 is 23.4 Å². The van der Waals surface area contributed by atoms with E-state index in [1.807, 2.05) is 24.3 Å². The maximum atomic E-state index is 13.7. The van der Waals surface area contributed by atoms with Crippen LogP contribution in [0, 0.1) is 0 Å². The standard InChI is InChI=1S/C32H38N2O5S/c35-29(30(36)32(15-16-32)40(38,39)26-13-12-23-7-2-3-8-24(23)20-26)31(37)33-28-10-6-9-25-19-22(11-14-27(25)28)21-34-17-4-1-5-18-34/h2-3,7-8,11-14,19-20,28-30,35-36H,1,4-6,9-10,15-18,21H2,(H,33,37). The molecule has 2 aliphatic carbocycles. The maximum Gasteiger partial charge on any atom is 0.252 e. The van der Waals surface area contributed by atoms with E-state index in [9.17, 15) is 23.4 Å². The van der Waals surface area contributed by atoms with Gasteiger partial charge in [-0.1, -0.05) is 55.0 Å². The van der Waals surface area contributed by atoms with Crippen LogP contribution < -0.4 is 5.32 Å². The van der Waals surface area contributed by atoms with Crippen LogP contribution >= 0.6 is 0 Å². The molecule has 0 radical (unpaired) electrons. The number of benzene rings is 3. The second-order valence-electron chi connectivity index (χ2n) is 11.8. The van der Waals surface area contributed by atoms with Gasteiger partial charge in [0.05, 0.1) is 10.9 Å². The lowest BCUT2D eigenvalue weighted by atomic mass is 9.86. The van der Waals surface area contributed by atoms with Crippen LogP contribution in [0.3, 0.4) is 0 Å². The van der Waals surface area contributed by atoms with Gasteiger partial charge in [-0.3, -0.25) is 9.69 Å². The van der Waals surface area contributed by atoms with Crippen LogP contribution in [0.15, 0.2) is 65.6 Å². The van der Waals surface area contributed by atoms with Gasteiger partial charge >= 0.3 is 0 Å². The molecule has 3 aromatic rings. The van der Waals surface area contributed by atoms with Gasteiger partial charge in [0.1, 0.15) is 10.9 Å². The Hall–Kier alpha value is -2.78. The van der Waals surface area contributed by atoms with Crippen LogP contribution in [0.2, 0.25) is 0 Å². The summed E-state index contributed by atoms with van der Waals surface area (Å²) in [4.78, 5) is 15.8. The van der Waals surface area contributed by atoms with Crippen molar-refractivity contribution in [3.8, 4) is 0 Å². The molecular weight excluding hydrogens is 524 g/mol. The predicted octanol–water partition coefficient (Wildman–Crippen LogP) is 4.05. The SMILES string of the molecule is O=C(NC1CCCc2cc(CN3CCCCC3)ccc21)C(O)C(O)C1(S(=O)(=O)c2ccc3ccccc3c2)CC1. The minimum absolute atomic E-state index is 0.0944. The molecule has 0 aromatic heterocycles. The van der Waals surface area contributed by atoms with Gasteiger partial charge in [-0.2, -0.15) is 0 Å². The van der Waals surface area contributed by atoms with Crippen LogP contribution in [0.5, 0.6) is 0 Å². The number of hydrogen-bond donors (Lipinski definition) is 3. The Bertz CT molecular complexity index is 1510. The number of aliphatic hydroxyl groups excluding tert-OH is 2. The number of sulfone groups is 1. The molecule has 8 heteroatoms. The van der Waals surface area contributed by atoms with Crippen molar-refractivity contribution >= 4 is 26.5 Å². The van der Waals surface area contributed by atoms with Crippen molar-refractivity contribution in [2.45, 2.75) is 85.8 Å². The summed E-state index contributed by atoms with van der Waals surface area (Å²) >= 11 is 0. The second-order valence-corrected chi connectivity index (χ2v) is 14.1. The Kier molecular flexibility index (Phi) is 7.46. The quantitative estimate of drug-likeness (QED) is 0.383. The van der Waals surface area contributed by atoms with E-state index in [4.69, 9.17) is 0 Å². The molecule has 40 heavy (non-hydrogen) atoms. The topological polar surface area (TPSA) is 107 Å². The van der Waals surface area contributed by atoms with E-state index in [1.54, 1.807) is 12.1 Å². The lowest BCUT2D eigenvalue weighted by Crippen LogP contribution is -2.51. The lowest BCUT2D eigenvalue weighted by Gasteiger charge is -2.31. The average Bonchev–Trinajstić information content (AvgIpc) is 3.79. The van der Waals surface area contributed by atoms with E-state index in [0.29, 0.717) is 0 Å². The van der Waals surface area contributed by atoms with Crippen molar-refractivity contribution in [2.24, 2.45) is 0 Å². The third kappa shape index (κ3) is 5.07. The molecule has 0 bridgehead atoms. The maximum absolute atomic E-state index is 13.7. The van der Waals surface area contributed by atoms with E-state index in [-0.39, 0.29) is 23.8 Å². The van der Waals surface area contributed by atoms with E-state index in [1.165, 1.54) is 36.5 Å². The number of hydrogen-bond acceptors (Lipinski definition) is 6. The first-order valence-corrected chi connectivity index (χ1v) is 16.0. The number of fused-ring (bicyclic) bond motifs is 2. The minimum atomic E-state index is -3.99. The van der Waals surface area contributed by atoms with Gasteiger partial charge in [0, 0.05) is 6.54 Å². The number of aryl methyl sites for hydroxylation is 1. The summed E-state index contributed by atoms with van der Waals surface area (Å²) in [6.07, 6.45) is 3.19. The van der Waals surface area contributed by atoms with Gasteiger partial charge in [-0.25, -0.2) is 8.42 Å². The number of likely N-dealkylation sites (tertiary alicyclic amines) is 1. The fraction of sp³-hybridized carbons (Fsp3) is 0.469. The third-order valence-electron chi connectivity index (χ3n) is 9.11. The van der Waals surface area contributed by atoms with Crippen molar-refractivity contribution in [1.82, 2.24) is 10.2 Å². The molecular formula is C32H38N2O5S. The molecule has 7 nitrogen and oxygen atoms in total. The molecule has 1 amide bonds. The van der Waals surface area contributed by atoms with E-state index < -0.39 is 32.7 Å². The highest BCUT2D eigenvalue weighted by molar-refractivity contribution is 7.93. The predicted molar refractivity (Wildman–Crippen MR) is 155 cm³/mol. The zero-order chi connectivity index (χ0) is 27.9. The van der Waals surface area contributed by atoms with Gasteiger partial charge in [0.2, 0.25) is 0 Å². The summed E-state index contributed by atoms with van der Waals surface area (Å²) in [6, 6.07) is 18.5. The highest BCUT2D eigenvalue weighted by Crippen LogP contribution is 2.50. The molecule has 3 atom stereocenters. The number of carbonyl (C=O) groups excluding carboxylic acids is 1. The Balaban J connectivity index is 1.15. The summed E-state index contributed by atoms with van der Waals surface area (Å²) in [5.41, 5.74) is 3.52. The highest BCUT2D eigenvalue weighted by atomic mass is 32.2. The molecule has 1 heterocycles. The smallest absolute Gasteiger partial charge is 0.252 e. The fourth-order valence-corrected chi connectivity index (χ4v) is 8.68.